The second kappa shape index (κ2) is 5.18. The third kappa shape index (κ3) is 2.33. The van der Waals surface area contributed by atoms with Crippen molar-refractivity contribution in [3.05, 3.63) is 22.5 Å². The number of nitrogens with zero attached hydrogens (tertiary/aromatic N) is 1. The number of nitrogens with one attached hydrogen (secondary N) is 2. The maximum Gasteiger partial charge on any atom is 0.352 e. The molecule has 21 heavy (non-hydrogen) atoms. The number of hydrogen-bond acceptors (Lipinski definition) is 3. The van der Waals surface area contributed by atoms with Gasteiger partial charge in [0.05, 0.1) is 5.56 Å². The van der Waals surface area contributed by atoms with Crippen LogP contribution in [0.1, 0.15) is 51.4 Å². The number of amides is 1. The van der Waals surface area contributed by atoms with E-state index in [1.54, 1.807) is 13.8 Å². The summed E-state index contributed by atoms with van der Waals surface area (Å²) in [7, 11) is 0. The zero-order valence-corrected chi connectivity index (χ0v) is 12.4. The molecule has 0 aliphatic carbocycles. The molecule has 2 saturated heterocycles. The molecule has 6 nitrogen and oxygen atoms in total. The molecule has 0 aromatic carbocycles. The Morgan fingerprint density at radius 3 is 2.71 bits per heavy atom. The smallest absolute Gasteiger partial charge is 0.352 e. The zero-order chi connectivity index (χ0) is 15.1. The first-order valence-corrected chi connectivity index (χ1v) is 7.46. The van der Waals surface area contributed by atoms with Crippen molar-refractivity contribution in [2.45, 2.75) is 45.2 Å². The molecule has 0 spiro atoms. The van der Waals surface area contributed by atoms with Gasteiger partial charge in [-0.2, -0.15) is 0 Å². The average Bonchev–Trinajstić information content (AvgIpc) is 3.06. The summed E-state index contributed by atoms with van der Waals surface area (Å²) >= 11 is 0. The first-order valence-electron chi connectivity index (χ1n) is 7.46. The van der Waals surface area contributed by atoms with Gasteiger partial charge in [0.2, 0.25) is 0 Å². The van der Waals surface area contributed by atoms with E-state index < -0.39 is 5.97 Å². The molecule has 3 heterocycles. The molecule has 2 fully saturated rings. The van der Waals surface area contributed by atoms with Gasteiger partial charge in [0.15, 0.2) is 0 Å². The summed E-state index contributed by atoms with van der Waals surface area (Å²) in [6.45, 7) is 5.59. The molecule has 2 unspecified atom stereocenters. The Morgan fingerprint density at radius 2 is 2.05 bits per heavy atom. The van der Waals surface area contributed by atoms with Crippen molar-refractivity contribution in [1.29, 1.82) is 0 Å². The van der Waals surface area contributed by atoms with Gasteiger partial charge in [-0.3, -0.25) is 9.69 Å². The Bertz CT molecular complexity index is 593. The van der Waals surface area contributed by atoms with Crippen molar-refractivity contribution in [2.75, 3.05) is 13.1 Å². The van der Waals surface area contributed by atoms with Crippen molar-refractivity contribution in [3.8, 4) is 0 Å². The second-order valence-corrected chi connectivity index (χ2v) is 6.04. The summed E-state index contributed by atoms with van der Waals surface area (Å²) in [5.74, 6) is -1.19. The molecule has 0 bridgehead atoms. The van der Waals surface area contributed by atoms with Crippen LogP contribution in [0.25, 0.3) is 0 Å². The van der Waals surface area contributed by atoms with Gasteiger partial charge in [0, 0.05) is 24.3 Å². The van der Waals surface area contributed by atoms with E-state index in [4.69, 9.17) is 5.11 Å². The van der Waals surface area contributed by atoms with Crippen LogP contribution in [0.4, 0.5) is 0 Å². The van der Waals surface area contributed by atoms with Crippen LogP contribution < -0.4 is 5.32 Å². The van der Waals surface area contributed by atoms with Crippen LogP contribution >= 0.6 is 0 Å². The van der Waals surface area contributed by atoms with Gasteiger partial charge < -0.3 is 15.4 Å². The average molecular weight is 291 g/mol. The molecule has 2 aliphatic rings. The zero-order valence-electron chi connectivity index (χ0n) is 12.4. The maximum absolute atomic E-state index is 12.5. The Balaban J connectivity index is 1.78. The predicted octanol–water partition coefficient (Wildman–Crippen LogP) is 1.30. The lowest BCUT2D eigenvalue weighted by Crippen LogP contribution is -2.42. The number of aromatic nitrogens is 1. The van der Waals surface area contributed by atoms with E-state index >= 15 is 0 Å². The van der Waals surface area contributed by atoms with Gasteiger partial charge in [-0.25, -0.2) is 4.79 Å². The molecule has 2 aliphatic heterocycles. The van der Waals surface area contributed by atoms with Crippen molar-refractivity contribution in [3.63, 3.8) is 0 Å². The van der Waals surface area contributed by atoms with E-state index in [0.29, 0.717) is 22.9 Å². The molecular weight excluding hydrogens is 270 g/mol. The fraction of sp³-hybridized carbons (Fsp3) is 0.600. The second-order valence-electron chi connectivity index (χ2n) is 6.04. The summed E-state index contributed by atoms with van der Waals surface area (Å²) < 4.78 is 0. The van der Waals surface area contributed by atoms with E-state index in [1.807, 2.05) is 0 Å². The normalized spacial score (nSPS) is 25.0. The van der Waals surface area contributed by atoms with Crippen LogP contribution in [0.2, 0.25) is 0 Å². The van der Waals surface area contributed by atoms with E-state index in [1.165, 1.54) is 6.42 Å². The summed E-state index contributed by atoms with van der Waals surface area (Å²) in [4.78, 5) is 28.9. The minimum atomic E-state index is -1.03. The van der Waals surface area contributed by atoms with Crippen molar-refractivity contribution >= 4 is 11.9 Å². The van der Waals surface area contributed by atoms with E-state index in [9.17, 15) is 9.59 Å². The van der Waals surface area contributed by atoms with Crippen LogP contribution in [-0.2, 0) is 0 Å². The summed E-state index contributed by atoms with van der Waals surface area (Å²) in [6.07, 6.45) is 3.31. The lowest BCUT2D eigenvalue weighted by molar-refractivity contribution is 0.0690. The third-order valence-electron chi connectivity index (χ3n) is 4.80. The number of aromatic amines is 1. The number of aromatic carboxylic acids is 1. The minimum absolute atomic E-state index is 0.103. The fourth-order valence-corrected chi connectivity index (χ4v) is 3.80. The molecule has 1 aromatic rings. The summed E-state index contributed by atoms with van der Waals surface area (Å²) in [5, 5.41) is 12.2. The highest BCUT2D eigenvalue weighted by molar-refractivity contribution is 6.01. The van der Waals surface area contributed by atoms with Gasteiger partial charge in [-0.05, 0) is 45.2 Å². The van der Waals surface area contributed by atoms with Crippen LogP contribution in [0.5, 0.6) is 0 Å². The van der Waals surface area contributed by atoms with Crippen molar-refractivity contribution < 1.29 is 14.7 Å². The van der Waals surface area contributed by atoms with Crippen LogP contribution in [0.15, 0.2) is 0 Å². The molecular formula is C15H21N3O3. The van der Waals surface area contributed by atoms with Crippen molar-refractivity contribution in [2.24, 2.45) is 0 Å². The van der Waals surface area contributed by atoms with Gasteiger partial charge in [-0.15, -0.1) is 0 Å². The number of H-pyrrole nitrogens is 1. The standard InChI is InChI=1S/C15H21N3O3/c1-8-12(9(2)16-13(8)15(20)21)14(19)17-10-5-7-18-6-3-4-11(10)18/h10-11,16H,3-7H2,1-2H3,(H,17,19)(H,20,21). The van der Waals surface area contributed by atoms with Crippen LogP contribution in [-0.4, -0.2) is 52.0 Å². The van der Waals surface area contributed by atoms with Gasteiger partial charge in [0.1, 0.15) is 5.69 Å². The molecule has 0 saturated carbocycles. The molecule has 2 atom stereocenters. The number of carbonyl (C=O) groups excluding carboxylic acids is 1. The van der Waals surface area contributed by atoms with E-state index in [0.717, 1.165) is 25.9 Å². The first-order chi connectivity index (χ1) is 9.99. The lowest BCUT2D eigenvalue weighted by Gasteiger charge is -2.21. The van der Waals surface area contributed by atoms with Crippen LogP contribution in [0, 0.1) is 13.8 Å². The Kier molecular flexibility index (Phi) is 3.49. The largest absolute Gasteiger partial charge is 0.477 e. The monoisotopic (exact) mass is 291 g/mol. The topological polar surface area (TPSA) is 85.4 Å². The molecule has 3 rings (SSSR count). The highest BCUT2D eigenvalue weighted by Gasteiger charge is 2.38. The number of aryl methyl sites for hydroxylation is 1. The molecule has 1 aromatic heterocycles. The summed E-state index contributed by atoms with van der Waals surface area (Å²) in [6, 6.07) is 0.634. The number of carboxylic acid groups (broad SMARTS) is 1. The summed E-state index contributed by atoms with van der Waals surface area (Å²) in [5.41, 5.74) is 1.71. The Labute approximate surface area is 123 Å². The molecule has 3 N–H and O–H groups in total. The maximum atomic E-state index is 12.5. The van der Waals surface area contributed by atoms with Gasteiger partial charge in [0.25, 0.3) is 5.91 Å². The van der Waals surface area contributed by atoms with Gasteiger partial charge in [-0.1, -0.05) is 0 Å². The highest BCUT2D eigenvalue weighted by Crippen LogP contribution is 2.28. The van der Waals surface area contributed by atoms with E-state index in [-0.39, 0.29) is 17.6 Å². The first kappa shape index (κ1) is 14.1. The third-order valence-corrected chi connectivity index (χ3v) is 4.80. The predicted molar refractivity (Wildman–Crippen MR) is 77.7 cm³/mol. The molecule has 0 radical (unpaired) electrons. The van der Waals surface area contributed by atoms with Crippen molar-refractivity contribution in [1.82, 2.24) is 15.2 Å². The van der Waals surface area contributed by atoms with E-state index in [2.05, 4.69) is 15.2 Å². The highest BCUT2D eigenvalue weighted by atomic mass is 16.4. The number of hydrogen-bond donors (Lipinski definition) is 3. The van der Waals surface area contributed by atoms with Gasteiger partial charge >= 0.3 is 5.97 Å². The number of rotatable bonds is 3. The minimum Gasteiger partial charge on any atom is -0.477 e. The fourth-order valence-electron chi connectivity index (χ4n) is 3.80. The quantitative estimate of drug-likeness (QED) is 0.783. The number of carboxylic acids is 1. The SMILES string of the molecule is Cc1[nH]c(C(=O)O)c(C)c1C(=O)NC1CCN2CCCC12. The number of fused-ring (bicyclic) bond motifs is 1. The number of carbonyl (C=O) groups is 2. The lowest BCUT2D eigenvalue weighted by atomic mass is 10.0. The molecule has 6 heteroatoms. The Hall–Kier alpha value is -1.82. The molecule has 1 amide bonds. The van der Waals surface area contributed by atoms with Crippen LogP contribution in [0.3, 0.4) is 0 Å². The Morgan fingerprint density at radius 1 is 1.29 bits per heavy atom. The molecule has 114 valence electrons.